The highest BCUT2D eigenvalue weighted by Crippen LogP contribution is 2.40. The van der Waals surface area contributed by atoms with E-state index in [2.05, 4.69) is 13.0 Å². The van der Waals surface area contributed by atoms with Crippen molar-refractivity contribution in [3.8, 4) is 5.75 Å². The molecule has 0 spiro atoms. The molecule has 2 bridgehead atoms. The predicted octanol–water partition coefficient (Wildman–Crippen LogP) is 6.51. The number of fused-ring (bicyclic) bond motifs is 4. The number of rotatable bonds is 10. The monoisotopic (exact) mass is 951 g/mol. The summed E-state index contributed by atoms with van der Waals surface area (Å²) in [5, 5.41) is 34.5. The van der Waals surface area contributed by atoms with Crippen LogP contribution in [0.25, 0.3) is 10.9 Å². The van der Waals surface area contributed by atoms with Gasteiger partial charge in [-0.25, -0.2) is 4.79 Å². The molecular weight excluding hydrogens is 873 g/mol. The van der Waals surface area contributed by atoms with Crippen LogP contribution in [0.2, 0.25) is 0 Å². The summed E-state index contributed by atoms with van der Waals surface area (Å²) in [6.45, 7) is 11.9. The number of hydrogen-bond donors (Lipinski definition) is 3. The Bertz CT molecular complexity index is 2120. The number of cyclic esters (lactones) is 1. The standard InChI is InChI=1S/C53H78N2O13/c1-10-37-24-31(2)23-32(3)25-46(64-8)49-47(65-9)27-34(5)53(62,68-49)50(59)51(60)55-19-12-11-13-41(55)52(61)67-48(35(6)42(57)30-43(37)58)33(4)26-36-14-17-44(45(28-36)63-7)66-39-15-16-40-38(29-39)18-20-54(40)21-22-56/h15-16,18,20,24,26,29,32,34-37,41-42,44-49,56-57,62H,10-14,17,19,21-23,25,27-28,30H2,1-9H3/b31-24+,33-26+. The minimum absolute atomic E-state index is 0.00701. The smallest absolute Gasteiger partial charge is 0.329 e. The summed E-state index contributed by atoms with van der Waals surface area (Å²) in [6.07, 6.45) is 6.31. The molecule has 1 amide bonds. The van der Waals surface area contributed by atoms with Crippen LogP contribution in [-0.4, -0.2) is 137 Å². The zero-order chi connectivity index (χ0) is 49.4. The first-order valence-electron chi connectivity index (χ1n) is 24.9. The van der Waals surface area contributed by atoms with Crippen LogP contribution in [0.1, 0.15) is 112 Å². The molecule has 15 heteroatoms. The zero-order valence-corrected chi connectivity index (χ0v) is 41.8. The lowest BCUT2D eigenvalue weighted by Gasteiger charge is -2.47. The number of carbonyl (C=O) groups is 4. The van der Waals surface area contributed by atoms with E-state index in [0.717, 1.165) is 28.6 Å². The second-order valence-corrected chi connectivity index (χ2v) is 20.2. The molecule has 14 unspecified atom stereocenters. The van der Waals surface area contributed by atoms with Gasteiger partial charge in [-0.05, 0) is 120 Å². The van der Waals surface area contributed by atoms with E-state index in [0.29, 0.717) is 57.1 Å². The van der Waals surface area contributed by atoms with Crippen LogP contribution in [0.15, 0.2) is 53.8 Å². The number of Topliss-reactive ketones (excluding diaryl/α,β-unsaturated/α-hetero) is 2. The van der Waals surface area contributed by atoms with E-state index < -0.39 is 77.8 Å². The van der Waals surface area contributed by atoms with E-state index in [4.69, 9.17) is 28.4 Å². The summed E-state index contributed by atoms with van der Waals surface area (Å²) in [7, 11) is 4.74. The fourth-order valence-corrected chi connectivity index (χ4v) is 11.2. The molecule has 2 aromatic rings. The molecule has 1 saturated carbocycles. The van der Waals surface area contributed by atoms with Gasteiger partial charge >= 0.3 is 5.97 Å². The van der Waals surface area contributed by atoms with Gasteiger partial charge in [-0.3, -0.25) is 14.4 Å². The van der Waals surface area contributed by atoms with Gasteiger partial charge in [0.05, 0.1) is 31.0 Å². The predicted molar refractivity (Wildman–Crippen MR) is 256 cm³/mol. The number of piperidine rings is 1. The van der Waals surface area contributed by atoms with Crippen molar-refractivity contribution in [1.82, 2.24) is 9.47 Å². The number of esters is 1. The summed E-state index contributed by atoms with van der Waals surface area (Å²) in [6, 6.07) is 6.77. The normalized spacial score (nSPS) is 36.4. The van der Waals surface area contributed by atoms with Crippen LogP contribution in [-0.2, 0) is 49.4 Å². The Labute approximate surface area is 402 Å². The van der Waals surface area contributed by atoms with Gasteiger partial charge in [0, 0.05) is 75.7 Å². The summed E-state index contributed by atoms with van der Waals surface area (Å²) < 4.78 is 39.0. The number of aromatic nitrogens is 1. The molecule has 4 heterocycles. The molecule has 1 aliphatic carbocycles. The maximum absolute atomic E-state index is 14.6. The number of methoxy groups -OCH3 is 3. The maximum atomic E-state index is 14.6. The summed E-state index contributed by atoms with van der Waals surface area (Å²) >= 11 is 0. The molecule has 15 nitrogen and oxygen atoms in total. The van der Waals surface area contributed by atoms with E-state index in [1.165, 1.54) is 19.1 Å². The minimum atomic E-state index is -2.52. The largest absolute Gasteiger partial charge is 0.488 e. The van der Waals surface area contributed by atoms with E-state index in [-0.39, 0.29) is 62.2 Å². The topological polar surface area (TPSA) is 193 Å². The van der Waals surface area contributed by atoms with Crippen LogP contribution in [0.5, 0.6) is 5.75 Å². The van der Waals surface area contributed by atoms with Crippen molar-refractivity contribution in [1.29, 1.82) is 0 Å². The molecular formula is C53H78N2O13. The van der Waals surface area contributed by atoms with Crippen molar-refractivity contribution in [2.24, 2.45) is 29.6 Å². The van der Waals surface area contributed by atoms with Crippen LogP contribution in [0.4, 0.5) is 0 Å². The van der Waals surface area contributed by atoms with Crippen LogP contribution < -0.4 is 4.74 Å². The number of aliphatic hydroxyl groups excluding tert-OH is 2. The van der Waals surface area contributed by atoms with Gasteiger partial charge in [0.2, 0.25) is 5.79 Å². The van der Waals surface area contributed by atoms with Crippen LogP contribution in [0.3, 0.4) is 0 Å². The number of benzene rings is 1. The lowest BCUT2D eigenvalue weighted by Crippen LogP contribution is -2.64. The van der Waals surface area contributed by atoms with E-state index in [9.17, 15) is 34.5 Å². The Morgan fingerprint density at radius 1 is 0.912 bits per heavy atom. The SMILES string of the molecule is CCC1/C=C(\C)CC(C)CC(OC)C2OC(O)(C(=O)C(=O)N3CCCCC3C(=O)OC(/C(C)=C/C3CCC(Oc4ccc5c(ccn5CCO)c4)C(OC)C3)C(C)C(O)CC1=O)C(C)CC2OC. The fraction of sp³-hybridized carbons (Fsp3) is 0.698. The number of ketones is 2. The lowest BCUT2D eigenvalue weighted by molar-refractivity contribution is -0.302. The molecule has 3 N–H and O–H groups in total. The molecule has 6 rings (SSSR count). The van der Waals surface area contributed by atoms with Crippen LogP contribution in [0, 0.1) is 29.6 Å². The Balaban J connectivity index is 1.29. The number of amides is 1. The Kier molecular flexibility index (Phi) is 18.7. The van der Waals surface area contributed by atoms with Gasteiger partial charge in [-0.2, -0.15) is 0 Å². The lowest BCUT2D eigenvalue weighted by atomic mass is 9.81. The third-order valence-corrected chi connectivity index (χ3v) is 15.2. The molecule has 4 aliphatic rings. The maximum Gasteiger partial charge on any atom is 0.329 e. The van der Waals surface area contributed by atoms with Gasteiger partial charge in [0.25, 0.3) is 11.7 Å². The third kappa shape index (κ3) is 12.1. The number of hydrogen-bond acceptors (Lipinski definition) is 13. The van der Waals surface area contributed by atoms with E-state index in [1.54, 1.807) is 21.0 Å². The van der Waals surface area contributed by atoms with E-state index in [1.807, 2.05) is 61.9 Å². The first-order valence-corrected chi connectivity index (χ1v) is 24.9. The van der Waals surface area contributed by atoms with Crippen LogP contribution >= 0.6 is 0 Å². The van der Waals surface area contributed by atoms with Crippen molar-refractivity contribution < 1.29 is 62.9 Å². The van der Waals surface area contributed by atoms with Gasteiger partial charge in [0.1, 0.15) is 35.9 Å². The number of allylic oxidation sites excluding steroid dienone is 3. The highest BCUT2D eigenvalue weighted by Gasteiger charge is 2.56. The highest BCUT2D eigenvalue weighted by atomic mass is 16.7. The first-order chi connectivity index (χ1) is 32.5. The summed E-state index contributed by atoms with van der Waals surface area (Å²) in [5.41, 5.74) is 2.68. The van der Waals surface area contributed by atoms with Crippen molar-refractivity contribution in [2.45, 2.75) is 173 Å². The highest BCUT2D eigenvalue weighted by molar-refractivity contribution is 6.39. The second kappa shape index (κ2) is 23.8. The number of ether oxygens (including phenoxy) is 6. The number of aliphatic hydroxyl groups is 3. The average Bonchev–Trinajstić information content (AvgIpc) is 3.73. The molecule has 378 valence electrons. The fourth-order valence-electron chi connectivity index (χ4n) is 11.2. The number of carbonyl (C=O) groups excluding carboxylic acids is 4. The van der Waals surface area contributed by atoms with Gasteiger partial charge < -0.3 is 53.2 Å². The van der Waals surface area contributed by atoms with Crippen molar-refractivity contribution >= 4 is 34.3 Å². The van der Waals surface area contributed by atoms with Gasteiger partial charge in [-0.15, -0.1) is 0 Å². The van der Waals surface area contributed by atoms with E-state index >= 15 is 0 Å². The Morgan fingerprint density at radius 2 is 1.63 bits per heavy atom. The number of nitrogens with zero attached hydrogens (tertiary/aromatic N) is 2. The average molecular weight is 951 g/mol. The van der Waals surface area contributed by atoms with Crippen molar-refractivity contribution in [2.75, 3.05) is 34.5 Å². The molecule has 3 aliphatic heterocycles. The van der Waals surface area contributed by atoms with Crippen molar-refractivity contribution in [3.63, 3.8) is 0 Å². The van der Waals surface area contributed by atoms with Gasteiger partial charge in [-0.1, -0.05) is 45.4 Å². The molecule has 0 radical (unpaired) electrons. The summed E-state index contributed by atoms with van der Waals surface area (Å²) in [4.78, 5) is 58.6. The molecule has 68 heavy (non-hydrogen) atoms. The molecule has 2 saturated heterocycles. The summed E-state index contributed by atoms with van der Waals surface area (Å²) in [5.74, 6) is -6.86. The molecule has 3 fully saturated rings. The third-order valence-electron chi connectivity index (χ3n) is 15.2. The van der Waals surface area contributed by atoms with Crippen molar-refractivity contribution in [3.05, 3.63) is 53.8 Å². The molecule has 14 atom stereocenters. The molecule has 1 aromatic heterocycles. The molecule has 1 aromatic carbocycles. The first kappa shape index (κ1) is 53.4. The van der Waals surface area contributed by atoms with Gasteiger partial charge in [0.15, 0.2) is 0 Å². The zero-order valence-electron chi connectivity index (χ0n) is 41.8. The minimum Gasteiger partial charge on any atom is -0.488 e. The Morgan fingerprint density at radius 3 is 2.32 bits per heavy atom. The second-order valence-electron chi connectivity index (χ2n) is 20.2. The quantitative estimate of drug-likeness (QED) is 0.133. The Hall–Kier alpha value is -3.96.